The van der Waals surface area contributed by atoms with Gasteiger partial charge in [0.2, 0.25) is 6.54 Å². The van der Waals surface area contributed by atoms with Crippen LogP contribution < -0.4 is 4.74 Å². The van der Waals surface area contributed by atoms with Crippen LogP contribution in [0.4, 0.5) is 4.39 Å². The maximum atomic E-state index is 12.8. The second-order valence-electron chi connectivity index (χ2n) is 2.46. The number of benzene rings is 1. The van der Waals surface area contributed by atoms with Crippen molar-refractivity contribution in [1.82, 2.24) is 0 Å². The molecule has 0 radical (unpaired) electrons. The molecule has 1 rings (SSSR count). The SMILES string of the molecule is COc1cc(C[N+](=O)[O-])ccc1F. The lowest BCUT2D eigenvalue weighted by molar-refractivity contribution is -0.496. The molecule has 0 spiro atoms. The highest BCUT2D eigenvalue weighted by Gasteiger charge is 2.06. The molecule has 4 nitrogen and oxygen atoms in total. The highest BCUT2D eigenvalue weighted by molar-refractivity contribution is 5.29. The Morgan fingerprint density at radius 1 is 1.62 bits per heavy atom. The third kappa shape index (κ3) is 2.40. The van der Waals surface area contributed by atoms with Gasteiger partial charge in [0.15, 0.2) is 11.6 Å². The Hall–Kier alpha value is -1.65. The third-order valence-electron chi connectivity index (χ3n) is 1.53. The number of nitro groups is 1. The van der Waals surface area contributed by atoms with Gasteiger partial charge in [-0.15, -0.1) is 0 Å². The van der Waals surface area contributed by atoms with E-state index in [9.17, 15) is 14.5 Å². The van der Waals surface area contributed by atoms with Crippen LogP contribution in [-0.2, 0) is 6.54 Å². The van der Waals surface area contributed by atoms with Crippen LogP contribution in [0.1, 0.15) is 5.56 Å². The van der Waals surface area contributed by atoms with E-state index in [4.69, 9.17) is 0 Å². The Morgan fingerprint density at radius 3 is 2.85 bits per heavy atom. The van der Waals surface area contributed by atoms with Crippen molar-refractivity contribution in [1.29, 1.82) is 0 Å². The van der Waals surface area contributed by atoms with Gasteiger partial charge in [0.1, 0.15) is 0 Å². The molecule has 1 aromatic carbocycles. The molecule has 0 aliphatic heterocycles. The highest BCUT2D eigenvalue weighted by Crippen LogP contribution is 2.18. The monoisotopic (exact) mass is 185 g/mol. The van der Waals surface area contributed by atoms with E-state index in [1.54, 1.807) is 0 Å². The van der Waals surface area contributed by atoms with Gasteiger partial charge in [0.05, 0.1) is 7.11 Å². The first-order chi connectivity index (χ1) is 6.13. The van der Waals surface area contributed by atoms with Crippen LogP contribution in [0.3, 0.4) is 0 Å². The molecule has 0 aromatic heterocycles. The third-order valence-corrected chi connectivity index (χ3v) is 1.53. The fraction of sp³-hybridized carbons (Fsp3) is 0.250. The van der Waals surface area contributed by atoms with Gasteiger partial charge >= 0.3 is 0 Å². The molecule has 0 saturated carbocycles. The van der Waals surface area contributed by atoms with Crippen molar-refractivity contribution in [2.24, 2.45) is 0 Å². The van der Waals surface area contributed by atoms with Crippen LogP contribution in [0.15, 0.2) is 18.2 Å². The zero-order chi connectivity index (χ0) is 9.84. The van der Waals surface area contributed by atoms with Gasteiger partial charge in [0, 0.05) is 10.5 Å². The largest absolute Gasteiger partial charge is 0.494 e. The minimum atomic E-state index is -0.519. The smallest absolute Gasteiger partial charge is 0.229 e. The lowest BCUT2D eigenvalue weighted by atomic mass is 10.2. The van der Waals surface area contributed by atoms with Crippen LogP contribution in [0.2, 0.25) is 0 Å². The quantitative estimate of drug-likeness (QED) is 0.531. The van der Waals surface area contributed by atoms with Crippen LogP contribution >= 0.6 is 0 Å². The molecule has 0 saturated heterocycles. The maximum absolute atomic E-state index is 12.8. The summed E-state index contributed by atoms with van der Waals surface area (Å²) in [4.78, 5) is 9.64. The molecule has 5 heteroatoms. The summed E-state index contributed by atoms with van der Waals surface area (Å²) in [5, 5.41) is 10.1. The molecule has 13 heavy (non-hydrogen) atoms. The van der Waals surface area contributed by atoms with E-state index in [1.807, 2.05) is 0 Å². The van der Waals surface area contributed by atoms with E-state index in [-0.39, 0.29) is 12.3 Å². The second kappa shape index (κ2) is 3.84. The van der Waals surface area contributed by atoms with E-state index < -0.39 is 10.7 Å². The lowest BCUT2D eigenvalue weighted by Gasteiger charge is -2.02. The fourth-order valence-electron chi connectivity index (χ4n) is 0.952. The van der Waals surface area contributed by atoms with Gasteiger partial charge in [0.25, 0.3) is 0 Å². The Morgan fingerprint density at radius 2 is 2.31 bits per heavy atom. The van der Waals surface area contributed by atoms with Crippen LogP contribution in [0, 0.1) is 15.9 Å². The molecule has 0 unspecified atom stereocenters. The van der Waals surface area contributed by atoms with Gasteiger partial charge in [-0.25, -0.2) is 4.39 Å². The summed E-state index contributed by atoms with van der Waals surface area (Å²) in [5.74, 6) is -0.492. The predicted molar refractivity (Wildman–Crippen MR) is 43.7 cm³/mol. The first kappa shape index (κ1) is 9.44. The van der Waals surface area contributed by atoms with Crippen molar-refractivity contribution in [3.63, 3.8) is 0 Å². The number of nitrogens with zero attached hydrogens (tertiary/aromatic N) is 1. The summed E-state index contributed by atoms with van der Waals surface area (Å²) in [7, 11) is 1.31. The summed E-state index contributed by atoms with van der Waals surface area (Å²) in [6.07, 6.45) is 0. The predicted octanol–water partition coefficient (Wildman–Crippen LogP) is 1.61. The minimum absolute atomic E-state index is 0.0272. The van der Waals surface area contributed by atoms with Crippen molar-refractivity contribution in [3.05, 3.63) is 39.7 Å². The molecular formula is C8H8FNO3. The minimum Gasteiger partial charge on any atom is -0.494 e. The number of rotatable bonds is 3. The Kier molecular flexibility index (Phi) is 2.79. The lowest BCUT2D eigenvalue weighted by Crippen LogP contribution is -1.99. The fourth-order valence-corrected chi connectivity index (χ4v) is 0.952. The topological polar surface area (TPSA) is 52.4 Å². The van der Waals surface area contributed by atoms with Gasteiger partial charge in [-0.3, -0.25) is 10.1 Å². The van der Waals surface area contributed by atoms with Gasteiger partial charge < -0.3 is 4.74 Å². The van der Waals surface area contributed by atoms with Gasteiger partial charge in [-0.2, -0.15) is 0 Å². The number of ether oxygens (including phenoxy) is 1. The summed E-state index contributed by atoms with van der Waals surface area (Å²) >= 11 is 0. The summed E-state index contributed by atoms with van der Waals surface area (Å²) in [6, 6.07) is 3.83. The van der Waals surface area contributed by atoms with Crippen LogP contribution in [0.25, 0.3) is 0 Å². The normalized spacial score (nSPS) is 9.69. The van der Waals surface area contributed by atoms with E-state index in [1.165, 1.54) is 19.2 Å². The zero-order valence-corrected chi connectivity index (χ0v) is 6.99. The molecule has 0 fully saturated rings. The van der Waals surface area contributed by atoms with Gasteiger partial charge in [-0.1, -0.05) is 0 Å². The number of hydrogen-bond acceptors (Lipinski definition) is 3. The van der Waals surface area contributed by atoms with Gasteiger partial charge in [-0.05, 0) is 18.2 Å². The summed E-state index contributed by atoms with van der Waals surface area (Å²) in [6.45, 7) is -0.323. The van der Waals surface area contributed by atoms with E-state index in [0.29, 0.717) is 5.56 Å². The van der Waals surface area contributed by atoms with Crippen molar-refractivity contribution in [3.8, 4) is 5.75 Å². The molecular weight excluding hydrogens is 177 g/mol. The van der Waals surface area contributed by atoms with Crippen molar-refractivity contribution in [2.45, 2.75) is 6.54 Å². The summed E-state index contributed by atoms with van der Waals surface area (Å²) < 4.78 is 17.5. The highest BCUT2D eigenvalue weighted by atomic mass is 19.1. The molecule has 0 aliphatic rings. The Bertz CT molecular complexity index is 327. The average Bonchev–Trinajstić information content (AvgIpc) is 2.07. The average molecular weight is 185 g/mol. The molecule has 70 valence electrons. The Balaban J connectivity index is 2.92. The molecule has 0 aliphatic carbocycles. The first-order valence-corrected chi connectivity index (χ1v) is 3.57. The molecule has 0 bridgehead atoms. The van der Waals surface area contributed by atoms with Crippen molar-refractivity contribution in [2.75, 3.05) is 7.11 Å². The molecule has 1 aromatic rings. The second-order valence-corrected chi connectivity index (χ2v) is 2.46. The zero-order valence-electron chi connectivity index (χ0n) is 6.99. The molecule has 0 amide bonds. The maximum Gasteiger partial charge on any atom is 0.229 e. The first-order valence-electron chi connectivity index (χ1n) is 3.57. The number of halogens is 1. The number of methoxy groups -OCH3 is 1. The van der Waals surface area contributed by atoms with Crippen LogP contribution in [0.5, 0.6) is 5.75 Å². The van der Waals surface area contributed by atoms with Crippen molar-refractivity contribution < 1.29 is 14.1 Å². The van der Waals surface area contributed by atoms with E-state index >= 15 is 0 Å². The standard InChI is InChI=1S/C8H8FNO3/c1-13-8-4-6(5-10(11)12)2-3-7(8)9/h2-4H,5H2,1H3. The number of hydrogen-bond donors (Lipinski definition) is 0. The van der Waals surface area contributed by atoms with Crippen molar-refractivity contribution >= 4 is 0 Å². The van der Waals surface area contributed by atoms with E-state index in [0.717, 1.165) is 6.07 Å². The summed E-state index contributed by atoms with van der Waals surface area (Å²) in [5.41, 5.74) is 0.420. The molecule has 0 atom stereocenters. The Labute approximate surface area is 74.1 Å². The molecule has 0 N–H and O–H groups in total. The van der Waals surface area contributed by atoms with E-state index in [2.05, 4.69) is 4.74 Å². The molecule has 0 heterocycles. The van der Waals surface area contributed by atoms with Crippen LogP contribution in [-0.4, -0.2) is 12.0 Å².